The topological polar surface area (TPSA) is 41.7 Å². The molecule has 0 radical (unpaired) electrons. The Kier molecular flexibility index (Phi) is 4.35. The fourth-order valence-corrected chi connectivity index (χ4v) is 5.63. The van der Waals surface area contributed by atoms with E-state index in [0.29, 0.717) is 11.3 Å². The van der Waals surface area contributed by atoms with Gasteiger partial charge in [0.05, 0.1) is 13.3 Å². The molecule has 1 atom stereocenters. The number of methoxy groups -OCH3 is 1. The average molecular weight is 367 g/mol. The Morgan fingerprint density at radius 2 is 1.96 bits per heavy atom. The lowest BCUT2D eigenvalue weighted by atomic mass is 9.78. The molecule has 1 aliphatic carbocycles. The zero-order chi connectivity index (χ0) is 18.3. The number of nitrogens with zero attached hydrogens (tertiary/aromatic N) is 3. The Labute approximate surface area is 161 Å². The monoisotopic (exact) mass is 367 g/mol. The molecule has 0 amide bonds. The molecule has 3 fully saturated rings. The Bertz CT molecular complexity index is 762. The van der Waals surface area contributed by atoms with Crippen molar-refractivity contribution in [2.45, 2.75) is 44.1 Å². The SMILES string of the molecule is COc1ccccc1C1CCN(C2CCC3(C2)CN(c2ncco2)C3)CC1. The number of aromatic nitrogens is 1. The van der Waals surface area contributed by atoms with Gasteiger partial charge >= 0.3 is 0 Å². The summed E-state index contributed by atoms with van der Waals surface area (Å²) < 4.78 is 11.0. The van der Waals surface area contributed by atoms with Gasteiger partial charge in [0.2, 0.25) is 0 Å². The van der Waals surface area contributed by atoms with Crippen LogP contribution in [0.15, 0.2) is 41.1 Å². The maximum atomic E-state index is 5.58. The Morgan fingerprint density at radius 3 is 2.70 bits per heavy atom. The molecule has 5 heteroatoms. The zero-order valence-electron chi connectivity index (χ0n) is 16.1. The summed E-state index contributed by atoms with van der Waals surface area (Å²) in [5, 5.41) is 0. The third kappa shape index (κ3) is 3.12. The van der Waals surface area contributed by atoms with E-state index in [-0.39, 0.29) is 0 Å². The Balaban J connectivity index is 1.16. The normalized spacial score (nSPS) is 25.7. The van der Waals surface area contributed by atoms with E-state index in [0.717, 1.165) is 30.9 Å². The van der Waals surface area contributed by atoms with E-state index in [4.69, 9.17) is 9.15 Å². The molecule has 1 unspecified atom stereocenters. The van der Waals surface area contributed by atoms with Crippen molar-refractivity contribution in [3.8, 4) is 5.75 Å². The number of oxazole rings is 1. The molecule has 3 aliphatic rings. The van der Waals surface area contributed by atoms with E-state index in [1.807, 2.05) is 0 Å². The minimum Gasteiger partial charge on any atom is -0.496 e. The molecule has 5 rings (SSSR count). The first-order valence-corrected chi connectivity index (χ1v) is 10.3. The third-order valence-electron chi connectivity index (χ3n) is 7.04. The van der Waals surface area contributed by atoms with Crippen molar-refractivity contribution in [1.29, 1.82) is 0 Å². The summed E-state index contributed by atoms with van der Waals surface area (Å²) in [5.74, 6) is 1.69. The van der Waals surface area contributed by atoms with Crippen LogP contribution >= 0.6 is 0 Å². The molecular formula is C22H29N3O2. The van der Waals surface area contributed by atoms with Gasteiger partial charge in [-0.05, 0) is 62.7 Å². The number of ether oxygens (including phenoxy) is 1. The van der Waals surface area contributed by atoms with Crippen LogP contribution < -0.4 is 9.64 Å². The van der Waals surface area contributed by atoms with Crippen molar-refractivity contribution in [3.05, 3.63) is 42.3 Å². The molecular weight excluding hydrogens is 338 g/mol. The van der Waals surface area contributed by atoms with Crippen LogP contribution in [0.5, 0.6) is 5.75 Å². The summed E-state index contributed by atoms with van der Waals surface area (Å²) in [7, 11) is 1.78. The average Bonchev–Trinajstić information content (AvgIpc) is 3.37. The van der Waals surface area contributed by atoms with Gasteiger partial charge in [-0.15, -0.1) is 0 Å². The van der Waals surface area contributed by atoms with E-state index < -0.39 is 0 Å². The van der Waals surface area contributed by atoms with Gasteiger partial charge in [-0.3, -0.25) is 0 Å². The number of piperidine rings is 1. The molecule has 2 aromatic rings. The number of hydrogen-bond acceptors (Lipinski definition) is 5. The van der Waals surface area contributed by atoms with E-state index in [1.54, 1.807) is 19.6 Å². The maximum Gasteiger partial charge on any atom is 0.297 e. The molecule has 1 aromatic carbocycles. The summed E-state index contributed by atoms with van der Waals surface area (Å²) in [5.41, 5.74) is 1.89. The summed E-state index contributed by atoms with van der Waals surface area (Å²) in [6.07, 6.45) is 9.93. The highest BCUT2D eigenvalue weighted by Crippen LogP contribution is 2.49. The van der Waals surface area contributed by atoms with Crippen LogP contribution in [-0.4, -0.2) is 49.2 Å². The second kappa shape index (κ2) is 6.86. The van der Waals surface area contributed by atoms with Crippen LogP contribution in [0.1, 0.15) is 43.6 Å². The fourth-order valence-electron chi connectivity index (χ4n) is 5.63. The number of para-hydroxylation sites is 1. The first-order valence-electron chi connectivity index (χ1n) is 10.3. The van der Waals surface area contributed by atoms with Gasteiger partial charge in [-0.2, -0.15) is 0 Å². The van der Waals surface area contributed by atoms with E-state index in [1.165, 1.54) is 50.8 Å². The fraction of sp³-hybridized carbons (Fsp3) is 0.591. The van der Waals surface area contributed by atoms with Crippen molar-refractivity contribution < 1.29 is 9.15 Å². The molecule has 5 nitrogen and oxygen atoms in total. The first-order chi connectivity index (χ1) is 13.3. The van der Waals surface area contributed by atoms with Gasteiger partial charge in [0, 0.05) is 24.5 Å². The minimum absolute atomic E-state index is 0.499. The number of hydrogen-bond donors (Lipinski definition) is 0. The molecule has 2 saturated heterocycles. The van der Waals surface area contributed by atoms with Gasteiger partial charge in [-0.1, -0.05) is 18.2 Å². The zero-order valence-corrected chi connectivity index (χ0v) is 16.1. The lowest BCUT2D eigenvalue weighted by Gasteiger charge is -2.48. The molecule has 3 heterocycles. The largest absolute Gasteiger partial charge is 0.496 e. The van der Waals surface area contributed by atoms with Crippen LogP contribution in [0.4, 0.5) is 6.01 Å². The number of rotatable bonds is 4. The smallest absolute Gasteiger partial charge is 0.297 e. The van der Waals surface area contributed by atoms with Gasteiger partial charge in [0.15, 0.2) is 0 Å². The molecule has 0 bridgehead atoms. The van der Waals surface area contributed by atoms with Crippen LogP contribution in [0.2, 0.25) is 0 Å². The van der Waals surface area contributed by atoms with Crippen molar-refractivity contribution in [1.82, 2.24) is 9.88 Å². The van der Waals surface area contributed by atoms with Crippen molar-refractivity contribution in [3.63, 3.8) is 0 Å². The van der Waals surface area contributed by atoms with Gasteiger partial charge in [-0.25, -0.2) is 4.98 Å². The highest BCUT2D eigenvalue weighted by molar-refractivity contribution is 5.37. The third-order valence-corrected chi connectivity index (χ3v) is 7.04. The van der Waals surface area contributed by atoms with E-state index >= 15 is 0 Å². The molecule has 2 aliphatic heterocycles. The van der Waals surface area contributed by atoms with Crippen LogP contribution in [0.3, 0.4) is 0 Å². The lowest BCUT2D eigenvalue weighted by molar-refractivity contribution is 0.130. The summed E-state index contributed by atoms with van der Waals surface area (Å²) in [6.45, 7) is 4.66. The quantitative estimate of drug-likeness (QED) is 0.819. The Hall–Kier alpha value is -2.01. The molecule has 1 spiro atoms. The highest BCUT2D eigenvalue weighted by Gasteiger charge is 2.50. The molecule has 1 saturated carbocycles. The maximum absolute atomic E-state index is 5.58. The molecule has 27 heavy (non-hydrogen) atoms. The first kappa shape index (κ1) is 17.1. The highest BCUT2D eigenvalue weighted by atomic mass is 16.5. The van der Waals surface area contributed by atoms with E-state index in [9.17, 15) is 0 Å². The van der Waals surface area contributed by atoms with Gasteiger partial charge in [0.1, 0.15) is 12.0 Å². The molecule has 1 aromatic heterocycles. The van der Waals surface area contributed by atoms with Crippen LogP contribution in [-0.2, 0) is 0 Å². The Morgan fingerprint density at radius 1 is 1.15 bits per heavy atom. The van der Waals surface area contributed by atoms with Crippen molar-refractivity contribution in [2.24, 2.45) is 5.41 Å². The van der Waals surface area contributed by atoms with Crippen molar-refractivity contribution >= 4 is 6.01 Å². The summed E-state index contributed by atoms with van der Waals surface area (Å²) in [4.78, 5) is 9.34. The predicted molar refractivity (Wildman–Crippen MR) is 105 cm³/mol. The van der Waals surface area contributed by atoms with Crippen LogP contribution in [0.25, 0.3) is 0 Å². The van der Waals surface area contributed by atoms with Crippen LogP contribution in [0, 0.1) is 5.41 Å². The molecule has 0 N–H and O–H groups in total. The summed E-state index contributed by atoms with van der Waals surface area (Å²) >= 11 is 0. The minimum atomic E-state index is 0.499. The second-order valence-corrected chi connectivity index (χ2v) is 8.62. The number of likely N-dealkylation sites (tertiary alicyclic amines) is 1. The standard InChI is InChI=1S/C22H29N3O2/c1-26-20-5-3-2-4-19(20)17-7-11-24(12-8-17)18-6-9-22(14-18)15-25(16-22)21-23-10-13-27-21/h2-5,10,13,17-18H,6-9,11-12,14-16H2,1H3. The summed E-state index contributed by atoms with van der Waals surface area (Å²) in [6, 6.07) is 10.1. The number of anilines is 1. The second-order valence-electron chi connectivity index (χ2n) is 8.62. The van der Waals surface area contributed by atoms with Gasteiger partial charge in [0.25, 0.3) is 6.01 Å². The predicted octanol–water partition coefficient (Wildman–Crippen LogP) is 3.92. The number of benzene rings is 1. The molecule has 144 valence electrons. The lowest BCUT2D eigenvalue weighted by Crippen LogP contribution is -2.56. The van der Waals surface area contributed by atoms with Gasteiger partial charge < -0.3 is 19.0 Å². The van der Waals surface area contributed by atoms with E-state index in [2.05, 4.69) is 39.0 Å². The van der Waals surface area contributed by atoms with Crippen molar-refractivity contribution in [2.75, 3.05) is 38.2 Å².